The third-order valence-electron chi connectivity index (χ3n) is 6.98. The molecule has 1 fully saturated rings. The summed E-state index contributed by atoms with van der Waals surface area (Å²) in [6.07, 6.45) is 1.56. The third kappa shape index (κ3) is 4.65. The minimum absolute atomic E-state index is 0.0543. The van der Waals surface area contributed by atoms with Gasteiger partial charge in [0.25, 0.3) is 5.91 Å². The number of nitrogens with zero attached hydrogens (tertiary/aromatic N) is 4. The summed E-state index contributed by atoms with van der Waals surface area (Å²) in [4.78, 5) is 31.0. The Balaban J connectivity index is 1.66. The predicted molar refractivity (Wildman–Crippen MR) is 143 cm³/mol. The lowest BCUT2D eigenvalue weighted by Crippen LogP contribution is -2.54. The Morgan fingerprint density at radius 1 is 1.08 bits per heavy atom. The van der Waals surface area contributed by atoms with E-state index in [1.54, 1.807) is 42.6 Å². The molecule has 0 spiro atoms. The van der Waals surface area contributed by atoms with Gasteiger partial charge in [-0.05, 0) is 49.7 Å². The molecule has 1 aliphatic rings. The summed E-state index contributed by atoms with van der Waals surface area (Å²) in [5.41, 5.74) is 2.49. The highest BCUT2D eigenvalue weighted by Gasteiger charge is 2.30. The van der Waals surface area contributed by atoms with Crippen LogP contribution in [0.15, 0.2) is 58.4 Å². The number of amides is 1. The van der Waals surface area contributed by atoms with Gasteiger partial charge in [-0.2, -0.15) is 4.31 Å². The van der Waals surface area contributed by atoms with Crippen LogP contribution in [-0.2, 0) is 17.1 Å². The molecule has 2 aromatic carbocycles. The Morgan fingerprint density at radius 3 is 2.44 bits per heavy atom. The Kier molecular flexibility index (Phi) is 7.24. The molecule has 3 aromatic rings. The monoisotopic (exact) mass is 510 g/mol. The van der Waals surface area contributed by atoms with Crippen LogP contribution in [0, 0.1) is 6.92 Å². The summed E-state index contributed by atoms with van der Waals surface area (Å²) in [5.74, 6) is -0.328. The van der Waals surface area contributed by atoms with Gasteiger partial charge in [-0.3, -0.25) is 9.59 Å². The summed E-state index contributed by atoms with van der Waals surface area (Å²) < 4.78 is 29.1. The molecule has 9 heteroatoms. The fourth-order valence-corrected chi connectivity index (χ4v) is 6.48. The lowest BCUT2D eigenvalue weighted by Gasteiger charge is -2.41. The lowest BCUT2D eigenvalue weighted by molar-refractivity contribution is 0.0724. The highest BCUT2D eigenvalue weighted by Crippen LogP contribution is 2.24. The molecular weight excluding hydrogens is 476 g/mol. The van der Waals surface area contributed by atoms with E-state index in [-0.39, 0.29) is 27.8 Å². The molecule has 1 aliphatic heterocycles. The minimum Gasteiger partial charge on any atom is -0.365 e. The molecule has 1 saturated heterocycles. The zero-order valence-corrected chi connectivity index (χ0v) is 22.4. The van der Waals surface area contributed by atoms with Crippen molar-refractivity contribution in [1.82, 2.24) is 13.8 Å². The number of fused-ring (bicyclic) bond motifs is 1. The number of rotatable bonds is 6. The van der Waals surface area contributed by atoms with Crippen molar-refractivity contribution in [3.05, 3.63) is 70.0 Å². The average molecular weight is 511 g/mol. The van der Waals surface area contributed by atoms with Crippen molar-refractivity contribution in [2.45, 2.75) is 38.6 Å². The molecule has 0 saturated carbocycles. The van der Waals surface area contributed by atoms with Crippen LogP contribution in [-0.4, -0.2) is 66.9 Å². The second-order valence-electron chi connectivity index (χ2n) is 9.38. The van der Waals surface area contributed by atoms with E-state index in [9.17, 15) is 18.0 Å². The fraction of sp³-hybridized carbons (Fsp3) is 0.407. The summed E-state index contributed by atoms with van der Waals surface area (Å²) in [5, 5.41) is 0.225. The number of anilines is 1. The van der Waals surface area contributed by atoms with E-state index >= 15 is 0 Å². The number of aromatic nitrogens is 1. The van der Waals surface area contributed by atoms with E-state index in [4.69, 9.17) is 0 Å². The first-order valence-electron chi connectivity index (χ1n) is 12.3. The van der Waals surface area contributed by atoms with Crippen molar-refractivity contribution < 1.29 is 13.2 Å². The van der Waals surface area contributed by atoms with E-state index in [1.165, 1.54) is 22.0 Å². The maximum atomic E-state index is 13.5. The van der Waals surface area contributed by atoms with Gasteiger partial charge in [0.15, 0.2) is 0 Å². The van der Waals surface area contributed by atoms with Gasteiger partial charge < -0.3 is 14.4 Å². The smallest absolute Gasteiger partial charge is 0.259 e. The van der Waals surface area contributed by atoms with Gasteiger partial charge in [0.2, 0.25) is 15.5 Å². The van der Waals surface area contributed by atoms with Crippen LogP contribution in [0.4, 0.5) is 5.69 Å². The van der Waals surface area contributed by atoms with Crippen LogP contribution in [0.3, 0.4) is 0 Å². The number of benzene rings is 2. The minimum atomic E-state index is -3.73. The first-order chi connectivity index (χ1) is 17.1. The summed E-state index contributed by atoms with van der Waals surface area (Å²) in [7, 11) is -1.98. The fourth-order valence-electron chi connectivity index (χ4n) is 5.00. The van der Waals surface area contributed by atoms with Crippen molar-refractivity contribution in [3.63, 3.8) is 0 Å². The highest BCUT2D eigenvalue weighted by molar-refractivity contribution is 7.89. The highest BCUT2D eigenvalue weighted by atomic mass is 32.2. The maximum absolute atomic E-state index is 13.5. The Hall–Kier alpha value is -3.17. The van der Waals surface area contributed by atoms with Crippen LogP contribution < -0.4 is 10.3 Å². The quantitative estimate of drug-likeness (QED) is 0.509. The van der Waals surface area contributed by atoms with Crippen molar-refractivity contribution in [2.75, 3.05) is 37.6 Å². The van der Waals surface area contributed by atoms with Crippen molar-refractivity contribution in [2.24, 2.45) is 7.05 Å². The normalized spacial score (nSPS) is 16.7. The van der Waals surface area contributed by atoms with Crippen molar-refractivity contribution in [1.29, 1.82) is 0 Å². The SMILES string of the molecule is CCN(CC)S(=O)(=O)c1ccc2c(c1)c(=O)c(C(=O)N1CCN(c3cccc(C)c3)[C@@H](C)C1)cn2C. The number of piperazine rings is 1. The van der Waals surface area contributed by atoms with Crippen molar-refractivity contribution in [3.8, 4) is 0 Å². The van der Waals surface area contributed by atoms with Gasteiger partial charge in [0.1, 0.15) is 5.56 Å². The zero-order valence-electron chi connectivity index (χ0n) is 21.6. The molecular formula is C27H34N4O4S. The first kappa shape index (κ1) is 25.9. The average Bonchev–Trinajstić information content (AvgIpc) is 2.86. The van der Waals surface area contributed by atoms with Gasteiger partial charge in [0, 0.05) is 63.1 Å². The number of carbonyl (C=O) groups excluding carboxylic acids is 1. The molecule has 2 heterocycles. The van der Waals surface area contributed by atoms with Crippen LogP contribution >= 0.6 is 0 Å². The van der Waals surface area contributed by atoms with E-state index in [2.05, 4.69) is 36.9 Å². The Bertz CT molecular complexity index is 1460. The number of aryl methyl sites for hydroxylation is 2. The van der Waals surface area contributed by atoms with E-state index in [0.29, 0.717) is 38.2 Å². The Labute approximate surface area is 212 Å². The number of carbonyl (C=O) groups is 1. The molecule has 1 atom stereocenters. The van der Waals surface area contributed by atoms with Crippen LogP contribution in [0.1, 0.15) is 36.7 Å². The van der Waals surface area contributed by atoms with E-state index in [0.717, 1.165) is 5.69 Å². The second kappa shape index (κ2) is 10.1. The Morgan fingerprint density at radius 2 is 1.81 bits per heavy atom. The van der Waals surface area contributed by atoms with Gasteiger partial charge in [-0.25, -0.2) is 8.42 Å². The van der Waals surface area contributed by atoms with Gasteiger partial charge in [0.05, 0.1) is 10.4 Å². The number of hydrogen-bond donors (Lipinski definition) is 0. The predicted octanol–water partition coefficient (Wildman–Crippen LogP) is 3.23. The number of pyridine rings is 1. The summed E-state index contributed by atoms with van der Waals surface area (Å²) >= 11 is 0. The molecule has 0 aliphatic carbocycles. The number of sulfonamides is 1. The maximum Gasteiger partial charge on any atom is 0.259 e. The van der Waals surface area contributed by atoms with Crippen molar-refractivity contribution >= 4 is 32.5 Å². The van der Waals surface area contributed by atoms with E-state index < -0.39 is 15.5 Å². The topological polar surface area (TPSA) is 82.9 Å². The summed E-state index contributed by atoms with van der Waals surface area (Å²) in [6.45, 7) is 10.00. The molecule has 1 aromatic heterocycles. The summed E-state index contributed by atoms with van der Waals surface area (Å²) in [6, 6.07) is 12.9. The first-order valence-corrected chi connectivity index (χ1v) is 13.8. The molecule has 1 amide bonds. The zero-order chi connectivity index (χ0) is 26.2. The molecule has 8 nitrogen and oxygen atoms in total. The standard InChI is InChI=1S/C27H34N4O4S/c1-6-30(7-2)36(34,35)22-11-12-25-23(16-22)26(32)24(18-28(25)5)27(33)29-13-14-31(20(4)17-29)21-10-8-9-19(3)15-21/h8-12,15-16,18,20H,6-7,13-14,17H2,1-5H3/t20-/m0/s1. The van der Waals surface area contributed by atoms with Crippen LogP contribution in [0.2, 0.25) is 0 Å². The number of hydrogen-bond acceptors (Lipinski definition) is 5. The molecule has 0 radical (unpaired) electrons. The lowest BCUT2D eigenvalue weighted by atomic mass is 10.1. The van der Waals surface area contributed by atoms with Gasteiger partial charge in [-0.15, -0.1) is 0 Å². The molecule has 4 rings (SSSR count). The van der Waals surface area contributed by atoms with Crippen LogP contribution in [0.25, 0.3) is 10.9 Å². The molecule has 0 N–H and O–H groups in total. The molecule has 0 bridgehead atoms. The second-order valence-corrected chi connectivity index (χ2v) is 11.3. The van der Waals surface area contributed by atoms with Gasteiger partial charge >= 0.3 is 0 Å². The van der Waals surface area contributed by atoms with E-state index in [1.807, 2.05) is 6.07 Å². The van der Waals surface area contributed by atoms with Gasteiger partial charge in [-0.1, -0.05) is 26.0 Å². The third-order valence-corrected chi connectivity index (χ3v) is 9.03. The largest absolute Gasteiger partial charge is 0.365 e. The molecule has 192 valence electrons. The molecule has 0 unspecified atom stereocenters. The van der Waals surface area contributed by atoms with Crippen LogP contribution in [0.5, 0.6) is 0 Å². The molecule has 36 heavy (non-hydrogen) atoms.